The summed E-state index contributed by atoms with van der Waals surface area (Å²) >= 11 is 0. The Kier molecular flexibility index (Phi) is 1.85. The van der Waals surface area contributed by atoms with Gasteiger partial charge in [-0.05, 0) is 6.20 Å². The van der Waals surface area contributed by atoms with Gasteiger partial charge >= 0.3 is 6.18 Å². The second-order valence-corrected chi connectivity index (χ2v) is 1.95. The van der Waals surface area contributed by atoms with Gasteiger partial charge in [-0.15, -0.1) is 0 Å². The maximum atomic E-state index is 11.8. The van der Waals surface area contributed by atoms with Crippen LogP contribution in [0.25, 0.3) is 0 Å². The van der Waals surface area contributed by atoms with Crippen molar-refractivity contribution in [3.63, 3.8) is 0 Å². The van der Waals surface area contributed by atoms with E-state index >= 15 is 0 Å². The van der Waals surface area contributed by atoms with E-state index in [1.165, 1.54) is 6.20 Å². The van der Waals surface area contributed by atoms with Gasteiger partial charge in [0.15, 0.2) is 6.17 Å². The zero-order valence-corrected chi connectivity index (χ0v) is 5.07. The summed E-state index contributed by atoms with van der Waals surface area (Å²) in [7, 11) is 0. The summed E-state index contributed by atoms with van der Waals surface area (Å²) in [5, 5.41) is 4.38. The van der Waals surface area contributed by atoms with Crippen molar-refractivity contribution in [2.45, 2.75) is 12.3 Å². The number of hydrogen-bond donors (Lipinski definition) is 2. The van der Waals surface area contributed by atoms with E-state index < -0.39 is 12.3 Å². The van der Waals surface area contributed by atoms with Crippen molar-refractivity contribution in [2.24, 2.45) is 0 Å². The van der Waals surface area contributed by atoms with E-state index in [9.17, 15) is 13.2 Å². The Hall–Kier alpha value is -0.710. The molecule has 0 bridgehead atoms. The largest absolute Gasteiger partial charge is 0.422 e. The van der Waals surface area contributed by atoms with Gasteiger partial charge in [0, 0.05) is 6.54 Å². The highest BCUT2D eigenvalue weighted by Gasteiger charge is 2.39. The molecule has 2 nitrogen and oxygen atoms in total. The first-order chi connectivity index (χ1) is 4.61. The van der Waals surface area contributed by atoms with E-state index in [1.54, 1.807) is 6.08 Å². The van der Waals surface area contributed by atoms with Crippen LogP contribution in [0.3, 0.4) is 0 Å². The zero-order valence-electron chi connectivity index (χ0n) is 5.07. The molecule has 0 amide bonds. The van der Waals surface area contributed by atoms with E-state index in [4.69, 9.17) is 0 Å². The van der Waals surface area contributed by atoms with Gasteiger partial charge in [-0.2, -0.15) is 13.2 Å². The second kappa shape index (κ2) is 2.49. The van der Waals surface area contributed by atoms with Crippen molar-refractivity contribution in [3.8, 4) is 0 Å². The third-order valence-electron chi connectivity index (χ3n) is 1.15. The molecule has 58 valence electrons. The molecule has 1 aliphatic rings. The van der Waals surface area contributed by atoms with E-state index in [0.717, 1.165) is 0 Å². The van der Waals surface area contributed by atoms with Crippen LogP contribution >= 0.6 is 0 Å². The summed E-state index contributed by atoms with van der Waals surface area (Å²) in [6.07, 6.45) is -2.90. The molecule has 0 saturated carbocycles. The minimum atomic E-state index is -4.20. The molecule has 0 aromatic carbocycles. The number of alkyl halides is 3. The summed E-state index contributed by atoms with van der Waals surface area (Å²) in [5.74, 6) is 0. The Labute approximate surface area is 56.1 Å². The fourth-order valence-corrected chi connectivity index (χ4v) is 0.678. The zero-order chi connectivity index (χ0) is 7.61. The number of nitrogens with one attached hydrogen (secondary N) is 2. The van der Waals surface area contributed by atoms with Gasteiger partial charge < -0.3 is 5.32 Å². The molecule has 1 aliphatic heterocycles. The average molecular weight is 152 g/mol. The summed E-state index contributed by atoms with van der Waals surface area (Å²) in [6, 6.07) is 0. The van der Waals surface area contributed by atoms with Crippen LogP contribution in [0, 0.1) is 0 Å². The molecule has 0 aromatic heterocycles. The van der Waals surface area contributed by atoms with E-state index in [1.807, 2.05) is 0 Å². The van der Waals surface area contributed by atoms with Crippen LogP contribution in [-0.2, 0) is 0 Å². The molecule has 1 atom stereocenters. The van der Waals surface area contributed by atoms with Gasteiger partial charge in [0.05, 0.1) is 0 Å². The summed E-state index contributed by atoms with van der Waals surface area (Å²) in [5.41, 5.74) is 0. The standard InChI is InChI=1S/C5H7F3N2/c6-5(7,8)4-9-2-1-3-10-4/h1-2,4,9-10H,3H2. The van der Waals surface area contributed by atoms with Crippen LogP contribution in [0.5, 0.6) is 0 Å². The van der Waals surface area contributed by atoms with Gasteiger partial charge in [-0.3, -0.25) is 5.32 Å². The first-order valence-corrected chi connectivity index (χ1v) is 2.82. The van der Waals surface area contributed by atoms with Crippen LogP contribution < -0.4 is 10.6 Å². The van der Waals surface area contributed by atoms with Crippen molar-refractivity contribution < 1.29 is 13.2 Å². The van der Waals surface area contributed by atoms with Gasteiger partial charge in [0.2, 0.25) is 0 Å². The van der Waals surface area contributed by atoms with Gasteiger partial charge in [-0.1, -0.05) is 6.08 Å². The maximum absolute atomic E-state index is 11.8. The number of hydrogen-bond acceptors (Lipinski definition) is 2. The van der Waals surface area contributed by atoms with Crippen molar-refractivity contribution >= 4 is 0 Å². The highest BCUT2D eigenvalue weighted by atomic mass is 19.4. The molecular weight excluding hydrogens is 145 g/mol. The predicted octanol–water partition coefficient (Wildman–Crippen LogP) is 0.581. The number of halogens is 3. The van der Waals surface area contributed by atoms with Crippen LogP contribution in [0.15, 0.2) is 12.3 Å². The topological polar surface area (TPSA) is 24.1 Å². The monoisotopic (exact) mass is 152 g/mol. The first-order valence-electron chi connectivity index (χ1n) is 2.82. The Morgan fingerprint density at radius 3 is 2.40 bits per heavy atom. The van der Waals surface area contributed by atoms with Crippen LogP contribution in [0.2, 0.25) is 0 Å². The summed E-state index contributed by atoms with van der Waals surface area (Å²) in [6.45, 7) is 0.261. The van der Waals surface area contributed by atoms with Crippen LogP contribution in [0.4, 0.5) is 13.2 Å². The average Bonchev–Trinajstić information content (AvgIpc) is 1.88. The normalized spacial score (nSPS) is 26.1. The molecular formula is C5H7F3N2. The van der Waals surface area contributed by atoms with E-state index in [-0.39, 0.29) is 6.54 Å². The Bertz CT molecular complexity index is 140. The first kappa shape index (κ1) is 7.40. The molecule has 0 aromatic rings. The second-order valence-electron chi connectivity index (χ2n) is 1.95. The quantitative estimate of drug-likeness (QED) is 0.530. The van der Waals surface area contributed by atoms with Crippen molar-refractivity contribution in [3.05, 3.63) is 12.3 Å². The molecule has 5 heteroatoms. The minimum absolute atomic E-state index is 0.261. The molecule has 10 heavy (non-hydrogen) atoms. The fraction of sp³-hybridized carbons (Fsp3) is 0.600. The molecule has 1 unspecified atom stereocenters. The molecule has 0 fully saturated rings. The number of rotatable bonds is 0. The Morgan fingerprint density at radius 1 is 1.40 bits per heavy atom. The summed E-state index contributed by atoms with van der Waals surface area (Å²) in [4.78, 5) is 0. The highest BCUT2D eigenvalue weighted by Crippen LogP contribution is 2.18. The lowest BCUT2D eigenvalue weighted by Crippen LogP contribution is -2.52. The highest BCUT2D eigenvalue weighted by molar-refractivity contribution is 4.92. The van der Waals surface area contributed by atoms with E-state index in [0.29, 0.717) is 0 Å². The third kappa shape index (κ3) is 1.63. The molecule has 0 aliphatic carbocycles. The lowest BCUT2D eigenvalue weighted by Gasteiger charge is -2.23. The Balaban J connectivity index is 2.49. The Morgan fingerprint density at radius 2 is 2.10 bits per heavy atom. The molecule has 2 N–H and O–H groups in total. The molecule has 1 heterocycles. The van der Waals surface area contributed by atoms with Crippen molar-refractivity contribution in [1.82, 2.24) is 10.6 Å². The van der Waals surface area contributed by atoms with Gasteiger partial charge in [-0.25, -0.2) is 0 Å². The smallest absolute Gasteiger partial charge is 0.369 e. The molecule has 0 radical (unpaired) electrons. The third-order valence-corrected chi connectivity index (χ3v) is 1.15. The van der Waals surface area contributed by atoms with Crippen LogP contribution in [-0.4, -0.2) is 18.9 Å². The van der Waals surface area contributed by atoms with Crippen molar-refractivity contribution in [2.75, 3.05) is 6.54 Å². The summed E-state index contributed by atoms with van der Waals surface area (Å²) < 4.78 is 35.3. The molecule has 0 saturated heterocycles. The molecule has 1 rings (SSSR count). The maximum Gasteiger partial charge on any atom is 0.422 e. The minimum Gasteiger partial charge on any atom is -0.369 e. The lowest BCUT2D eigenvalue weighted by atomic mass is 10.4. The van der Waals surface area contributed by atoms with Crippen molar-refractivity contribution in [1.29, 1.82) is 0 Å². The van der Waals surface area contributed by atoms with Gasteiger partial charge in [0.1, 0.15) is 0 Å². The van der Waals surface area contributed by atoms with Crippen LogP contribution in [0.1, 0.15) is 0 Å². The van der Waals surface area contributed by atoms with Gasteiger partial charge in [0.25, 0.3) is 0 Å². The van der Waals surface area contributed by atoms with E-state index in [2.05, 4.69) is 10.6 Å². The SMILES string of the molecule is FC(F)(F)C1NC=CCN1. The lowest BCUT2D eigenvalue weighted by molar-refractivity contribution is -0.160. The molecule has 0 spiro atoms. The fourth-order valence-electron chi connectivity index (χ4n) is 0.678. The predicted molar refractivity (Wildman–Crippen MR) is 30.1 cm³/mol.